The molecule has 7 heteroatoms. The Balaban J connectivity index is 1.88. The van der Waals surface area contributed by atoms with Crippen molar-refractivity contribution in [3.8, 4) is 12.3 Å². The molecule has 1 aliphatic heterocycles. The monoisotopic (exact) mass is 525 g/mol. The molecule has 1 aromatic heterocycles. The van der Waals surface area contributed by atoms with E-state index in [0.717, 1.165) is 46.9 Å². The molecule has 0 radical (unpaired) electrons. The molecule has 194 valence electrons. The van der Waals surface area contributed by atoms with Gasteiger partial charge in [-0.25, -0.2) is 4.98 Å². The SMILES string of the molecule is C#Cc1nc2c(c(CC)c1C(C)PCCC)C([NH+]=NC(=O)c1ccc(C)cc1)CC(=O)N2c1ccccc1. The van der Waals surface area contributed by atoms with Gasteiger partial charge in [0.05, 0.1) is 17.7 Å². The van der Waals surface area contributed by atoms with Crippen LogP contribution >= 0.6 is 8.58 Å². The number of aromatic nitrogens is 1. The highest BCUT2D eigenvalue weighted by Gasteiger charge is 2.40. The number of carbonyl (C=O) groups is 2. The van der Waals surface area contributed by atoms with E-state index in [1.807, 2.05) is 49.4 Å². The highest BCUT2D eigenvalue weighted by molar-refractivity contribution is 7.38. The van der Waals surface area contributed by atoms with Crippen molar-refractivity contribution in [1.82, 2.24) is 4.98 Å². The first-order valence-corrected chi connectivity index (χ1v) is 14.4. The van der Waals surface area contributed by atoms with Crippen LogP contribution in [0.25, 0.3) is 0 Å². The zero-order valence-electron chi connectivity index (χ0n) is 22.4. The quantitative estimate of drug-likeness (QED) is 0.237. The summed E-state index contributed by atoms with van der Waals surface area (Å²) in [4.78, 5) is 33.0. The van der Waals surface area contributed by atoms with E-state index in [0.29, 0.717) is 25.7 Å². The van der Waals surface area contributed by atoms with Crippen LogP contribution in [-0.2, 0) is 11.2 Å². The lowest BCUT2D eigenvalue weighted by molar-refractivity contribution is -0.573. The minimum atomic E-state index is -0.499. The van der Waals surface area contributed by atoms with Crippen LogP contribution in [0.3, 0.4) is 0 Å². The Labute approximate surface area is 226 Å². The van der Waals surface area contributed by atoms with E-state index in [9.17, 15) is 9.59 Å². The third kappa shape index (κ3) is 5.59. The number of hydrogen-bond acceptors (Lipinski definition) is 3. The zero-order valence-corrected chi connectivity index (χ0v) is 23.4. The summed E-state index contributed by atoms with van der Waals surface area (Å²) in [5, 5.41) is 7.25. The number of pyridine rings is 1. The van der Waals surface area contributed by atoms with Crippen molar-refractivity contribution >= 4 is 31.9 Å². The van der Waals surface area contributed by atoms with Crippen LogP contribution in [0, 0.1) is 19.3 Å². The average molecular weight is 526 g/mol. The molecule has 3 atom stereocenters. The van der Waals surface area contributed by atoms with Crippen molar-refractivity contribution in [3.05, 3.63) is 88.1 Å². The predicted octanol–water partition coefficient (Wildman–Crippen LogP) is 5.57. The molecule has 2 heterocycles. The van der Waals surface area contributed by atoms with Gasteiger partial charge in [-0.1, -0.05) is 63.1 Å². The molecule has 4 rings (SSSR count). The number of para-hydroxylation sites is 1. The van der Waals surface area contributed by atoms with E-state index in [1.165, 1.54) is 0 Å². The fourth-order valence-electron chi connectivity index (χ4n) is 4.94. The summed E-state index contributed by atoms with van der Waals surface area (Å²) in [5.74, 6) is 2.81. The van der Waals surface area contributed by atoms with Crippen molar-refractivity contribution in [1.29, 1.82) is 0 Å². The summed E-state index contributed by atoms with van der Waals surface area (Å²) in [5.41, 5.74) is 6.15. The van der Waals surface area contributed by atoms with Crippen molar-refractivity contribution in [2.24, 2.45) is 5.11 Å². The Morgan fingerprint density at radius 2 is 1.92 bits per heavy atom. The van der Waals surface area contributed by atoms with Crippen LogP contribution in [0.15, 0.2) is 59.7 Å². The zero-order chi connectivity index (χ0) is 27.2. The van der Waals surface area contributed by atoms with E-state index in [-0.39, 0.29) is 23.9 Å². The van der Waals surface area contributed by atoms with Crippen LogP contribution in [0.2, 0.25) is 0 Å². The van der Waals surface area contributed by atoms with Crippen LogP contribution < -0.4 is 10.0 Å². The molecule has 3 aromatic rings. The first-order valence-electron chi connectivity index (χ1n) is 13.1. The molecule has 2 amide bonds. The number of nitrogens with zero attached hydrogens (tertiary/aromatic N) is 3. The van der Waals surface area contributed by atoms with Gasteiger partial charge in [0, 0.05) is 16.3 Å². The maximum Gasteiger partial charge on any atom is 0.338 e. The molecular formula is C31H34N4O2P+. The standard InChI is InChI=1S/C31H33N4O2P/c1-6-18-38-21(5)28-24(7-2)29-26(33-34-31(37)22-16-14-20(4)15-17-22)19-27(36)35(23-12-10-9-11-13-23)30(29)32-25(28)8-3/h3,9-17,21,26,38H,6-7,18-19H2,1-2,4-5H3/p+1. The molecule has 3 unspecified atom stereocenters. The molecule has 0 saturated carbocycles. The number of nitrogens with one attached hydrogen (secondary N) is 1. The third-order valence-corrected chi connectivity index (χ3v) is 8.50. The molecule has 6 nitrogen and oxygen atoms in total. The fraction of sp³-hybridized carbons (Fsp3) is 0.323. The van der Waals surface area contributed by atoms with E-state index in [1.54, 1.807) is 17.0 Å². The minimum Gasteiger partial charge on any atom is -0.274 e. The number of rotatable bonds is 8. The molecule has 0 bridgehead atoms. The second-order valence-corrected chi connectivity index (χ2v) is 11.3. The Bertz CT molecular complexity index is 1390. The molecule has 0 aliphatic carbocycles. The van der Waals surface area contributed by atoms with Gasteiger partial charge in [0.2, 0.25) is 11.9 Å². The summed E-state index contributed by atoms with van der Waals surface area (Å²) in [6.45, 7) is 8.46. The van der Waals surface area contributed by atoms with Crippen molar-refractivity contribution in [3.63, 3.8) is 0 Å². The number of fused-ring (bicyclic) bond motifs is 1. The maximum absolute atomic E-state index is 13.5. The lowest BCUT2D eigenvalue weighted by Crippen LogP contribution is -2.70. The predicted molar refractivity (Wildman–Crippen MR) is 153 cm³/mol. The van der Waals surface area contributed by atoms with Crippen molar-refractivity contribution in [2.45, 2.75) is 58.7 Å². The summed E-state index contributed by atoms with van der Waals surface area (Å²) in [6, 6.07) is 16.3. The molecule has 1 aliphatic rings. The molecule has 2 aromatic carbocycles. The summed E-state index contributed by atoms with van der Waals surface area (Å²) < 4.78 is 0. The van der Waals surface area contributed by atoms with Crippen LogP contribution in [0.4, 0.5) is 11.5 Å². The molecule has 1 N–H and O–H groups in total. The normalized spacial score (nSPS) is 16.1. The summed E-state index contributed by atoms with van der Waals surface area (Å²) in [7, 11) is 0.712. The molecule has 0 fully saturated rings. The Morgan fingerprint density at radius 3 is 2.55 bits per heavy atom. The van der Waals surface area contributed by atoms with Gasteiger partial charge in [0.1, 0.15) is 5.69 Å². The fourth-order valence-corrected chi connectivity index (χ4v) is 6.18. The maximum atomic E-state index is 13.5. The number of terminal acetylenes is 1. The van der Waals surface area contributed by atoms with Gasteiger partial charge in [-0.15, -0.1) is 20.1 Å². The van der Waals surface area contributed by atoms with E-state index in [4.69, 9.17) is 11.4 Å². The summed E-state index contributed by atoms with van der Waals surface area (Å²) >= 11 is 0. The van der Waals surface area contributed by atoms with Gasteiger partial charge in [-0.05, 0) is 60.8 Å². The van der Waals surface area contributed by atoms with Gasteiger partial charge >= 0.3 is 5.91 Å². The second kappa shape index (κ2) is 12.2. The van der Waals surface area contributed by atoms with Gasteiger partial charge in [0.15, 0.2) is 5.82 Å². The van der Waals surface area contributed by atoms with E-state index in [2.05, 4.69) is 36.9 Å². The average Bonchev–Trinajstić information content (AvgIpc) is 2.94. The topological polar surface area (TPSA) is 76.6 Å². The van der Waals surface area contributed by atoms with Crippen LogP contribution in [0.5, 0.6) is 0 Å². The second-order valence-electron chi connectivity index (χ2n) is 9.50. The van der Waals surface area contributed by atoms with Gasteiger partial charge in [-0.3, -0.25) is 14.5 Å². The molecule has 0 saturated heterocycles. The van der Waals surface area contributed by atoms with Gasteiger partial charge in [-0.2, -0.15) is 0 Å². The largest absolute Gasteiger partial charge is 0.338 e. The highest BCUT2D eigenvalue weighted by Crippen LogP contribution is 2.45. The number of carbonyl (C=O) groups excluding carboxylic acids is 2. The Morgan fingerprint density at radius 1 is 1.21 bits per heavy atom. The van der Waals surface area contributed by atoms with E-state index >= 15 is 0 Å². The summed E-state index contributed by atoms with van der Waals surface area (Å²) in [6.07, 6.45) is 9.09. The number of aryl methyl sites for hydroxylation is 1. The number of hydrogen-bond donors (Lipinski definition) is 1. The number of azo groups is 1. The van der Waals surface area contributed by atoms with Crippen LogP contribution in [-0.4, -0.2) is 23.0 Å². The first kappa shape index (κ1) is 27.4. The lowest BCUT2D eigenvalue weighted by Gasteiger charge is -2.32. The molecular weight excluding hydrogens is 491 g/mol. The Kier molecular flexibility index (Phi) is 8.81. The third-order valence-electron chi connectivity index (χ3n) is 6.81. The Hall–Kier alpha value is -3.68. The number of amides is 2. The van der Waals surface area contributed by atoms with Crippen molar-refractivity contribution in [2.75, 3.05) is 11.1 Å². The highest BCUT2D eigenvalue weighted by atomic mass is 31.1. The molecule has 38 heavy (non-hydrogen) atoms. The number of anilines is 2. The van der Waals surface area contributed by atoms with Crippen LogP contribution in [0.1, 0.15) is 83.6 Å². The minimum absolute atomic E-state index is 0.134. The van der Waals surface area contributed by atoms with E-state index < -0.39 is 6.04 Å². The first-order chi connectivity index (χ1) is 18.4. The molecule has 0 spiro atoms. The number of benzene rings is 2. The smallest absolute Gasteiger partial charge is 0.274 e. The van der Waals surface area contributed by atoms with Gasteiger partial charge in [0.25, 0.3) is 0 Å². The van der Waals surface area contributed by atoms with Crippen molar-refractivity contribution < 1.29 is 14.7 Å². The lowest BCUT2D eigenvalue weighted by atomic mass is 9.88. The van der Waals surface area contributed by atoms with Gasteiger partial charge < -0.3 is 0 Å².